The molecule has 2 aromatic carbocycles. The van der Waals surface area contributed by atoms with Crippen LogP contribution >= 0.6 is 35.6 Å². The molecule has 0 radical (unpaired) electrons. The number of nitrogens with one attached hydrogen (secondary N) is 1. The predicted molar refractivity (Wildman–Crippen MR) is 128 cm³/mol. The molecular weight excluding hydrogens is 454 g/mol. The third-order valence-electron chi connectivity index (χ3n) is 4.92. The fourth-order valence-corrected chi connectivity index (χ4v) is 5.31. The number of anilines is 2. The van der Waals surface area contributed by atoms with E-state index < -0.39 is 11.8 Å². The van der Waals surface area contributed by atoms with Crippen molar-refractivity contribution < 1.29 is 14.4 Å². The lowest BCUT2D eigenvalue weighted by Crippen LogP contribution is -2.36. The number of nitrogens with zero attached hydrogens (tertiary/aromatic N) is 2. The van der Waals surface area contributed by atoms with Crippen molar-refractivity contribution in [2.24, 2.45) is 0 Å². The van der Waals surface area contributed by atoms with Gasteiger partial charge in [0.2, 0.25) is 5.91 Å². The lowest BCUT2D eigenvalue weighted by atomic mass is 10.1. The van der Waals surface area contributed by atoms with E-state index in [-0.39, 0.29) is 24.1 Å². The van der Waals surface area contributed by atoms with Gasteiger partial charge in [-0.1, -0.05) is 65.9 Å². The summed E-state index contributed by atoms with van der Waals surface area (Å²) in [5.41, 5.74) is 1.93. The van der Waals surface area contributed by atoms with Crippen LogP contribution in [0.2, 0.25) is 5.02 Å². The standard InChI is InChI=1S/C22H18ClN3O3S2/c1-12(2)26-21(29)19(31-22(26)30)18-13-7-3-6-10-16(13)25(20(18)28)11-17(27)24-15-9-5-4-8-14(15)23/h3-10,12H,11H2,1-2H3,(H,24,27). The molecule has 1 fully saturated rings. The Morgan fingerprint density at radius 1 is 1.10 bits per heavy atom. The number of fused-ring (bicyclic) bond motifs is 1. The van der Waals surface area contributed by atoms with Crippen LogP contribution in [0.5, 0.6) is 0 Å². The zero-order valence-electron chi connectivity index (χ0n) is 16.7. The van der Waals surface area contributed by atoms with Gasteiger partial charge in [-0.25, -0.2) is 0 Å². The fraction of sp³-hybridized carbons (Fsp3) is 0.182. The number of halogens is 1. The van der Waals surface area contributed by atoms with Crippen molar-refractivity contribution in [3.05, 3.63) is 64.0 Å². The van der Waals surface area contributed by atoms with Crippen molar-refractivity contribution >= 4 is 74.6 Å². The summed E-state index contributed by atoms with van der Waals surface area (Å²) in [5, 5.41) is 3.13. The Labute approximate surface area is 194 Å². The number of thioether (sulfide) groups is 1. The van der Waals surface area contributed by atoms with Gasteiger partial charge in [0, 0.05) is 11.6 Å². The molecule has 0 atom stereocenters. The summed E-state index contributed by atoms with van der Waals surface area (Å²) >= 11 is 12.6. The lowest BCUT2D eigenvalue weighted by Gasteiger charge is -2.18. The second kappa shape index (κ2) is 8.45. The first-order chi connectivity index (χ1) is 14.8. The Bertz CT molecular complexity index is 1160. The molecule has 0 bridgehead atoms. The maximum atomic E-state index is 13.4. The van der Waals surface area contributed by atoms with E-state index in [1.54, 1.807) is 48.5 Å². The zero-order chi connectivity index (χ0) is 22.3. The average Bonchev–Trinajstić information content (AvgIpc) is 3.16. The summed E-state index contributed by atoms with van der Waals surface area (Å²) < 4.78 is 0.419. The van der Waals surface area contributed by atoms with E-state index in [9.17, 15) is 14.4 Å². The number of thiocarbonyl (C=S) groups is 1. The highest BCUT2D eigenvalue weighted by Gasteiger charge is 2.43. The van der Waals surface area contributed by atoms with Gasteiger partial charge in [-0.3, -0.25) is 24.2 Å². The van der Waals surface area contributed by atoms with Crippen molar-refractivity contribution in [1.82, 2.24) is 4.90 Å². The van der Waals surface area contributed by atoms with Crippen LogP contribution in [0.15, 0.2) is 53.4 Å². The molecule has 9 heteroatoms. The van der Waals surface area contributed by atoms with Crippen LogP contribution in [-0.4, -0.2) is 39.5 Å². The van der Waals surface area contributed by atoms with Crippen molar-refractivity contribution in [1.29, 1.82) is 0 Å². The molecule has 0 aromatic heterocycles. The molecule has 0 unspecified atom stereocenters. The number of carbonyl (C=O) groups excluding carboxylic acids is 3. The molecule has 4 rings (SSSR count). The van der Waals surface area contributed by atoms with Gasteiger partial charge in [0.15, 0.2) is 0 Å². The number of benzene rings is 2. The number of rotatable bonds is 4. The molecular formula is C22H18ClN3O3S2. The van der Waals surface area contributed by atoms with Crippen molar-refractivity contribution in [2.75, 3.05) is 16.8 Å². The Hall–Kier alpha value is -2.68. The first-order valence-corrected chi connectivity index (χ1v) is 11.1. The van der Waals surface area contributed by atoms with Crippen LogP contribution in [0.4, 0.5) is 11.4 Å². The normalized spacial score (nSPS) is 18.3. The van der Waals surface area contributed by atoms with Crippen LogP contribution in [0.1, 0.15) is 19.4 Å². The summed E-state index contributed by atoms with van der Waals surface area (Å²) in [6.45, 7) is 3.53. The Kier molecular flexibility index (Phi) is 5.88. The summed E-state index contributed by atoms with van der Waals surface area (Å²) in [4.78, 5) is 42.2. The second-order valence-corrected chi connectivity index (χ2v) is 9.33. The number of hydrogen-bond acceptors (Lipinski definition) is 5. The van der Waals surface area contributed by atoms with E-state index in [2.05, 4.69) is 5.32 Å². The molecule has 0 saturated carbocycles. The monoisotopic (exact) mass is 471 g/mol. The van der Waals surface area contributed by atoms with E-state index in [1.807, 2.05) is 13.8 Å². The molecule has 6 nitrogen and oxygen atoms in total. The van der Waals surface area contributed by atoms with Gasteiger partial charge in [-0.15, -0.1) is 0 Å². The minimum atomic E-state index is -0.403. The van der Waals surface area contributed by atoms with E-state index >= 15 is 0 Å². The van der Waals surface area contributed by atoms with Gasteiger partial charge in [0.25, 0.3) is 11.8 Å². The van der Waals surface area contributed by atoms with Crippen LogP contribution in [0, 0.1) is 0 Å². The molecule has 2 heterocycles. The summed E-state index contributed by atoms with van der Waals surface area (Å²) in [6, 6.07) is 13.9. The van der Waals surface area contributed by atoms with Gasteiger partial charge in [-0.2, -0.15) is 0 Å². The summed E-state index contributed by atoms with van der Waals surface area (Å²) in [5.74, 6) is -1.09. The third-order valence-corrected chi connectivity index (χ3v) is 6.65. The van der Waals surface area contributed by atoms with Gasteiger partial charge in [0.05, 0.1) is 26.9 Å². The summed E-state index contributed by atoms with van der Waals surface area (Å²) in [7, 11) is 0. The lowest BCUT2D eigenvalue weighted by molar-refractivity contribution is -0.123. The highest BCUT2D eigenvalue weighted by Crippen LogP contribution is 2.44. The van der Waals surface area contributed by atoms with Gasteiger partial charge in [0.1, 0.15) is 10.9 Å². The maximum absolute atomic E-state index is 13.4. The van der Waals surface area contributed by atoms with E-state index in [0.29, 0.717) is 31.2 Å². The highest BCUT2D eigenvalue weighted by atomic mass is 35.5. The molecule has 0 aliphatic carbocycles. The molecule has 2 aliphatic heterocycles. The highest BCUT2D eigenvalue weighted by molar-refractivity contribution is 8.26. The van der Waals surface area contributed by atoms with E-state index in [4.69, 9.17) is 23.8 Å². The summed E-state index contributed by atoms with van der Waals surface area (Å²) in [6.07, 6.45) is 0. The molecule has 1 N–H and O–H groups in total. The Morgan fingerprint density at radius 2 is 1.77 bits per heavy atom. The first-order valence-electron chi connectivity index (χ1n) is 9.55. The smallest absolute Gasteiger partial charge is 0.267 e. The number of amides is 3. The number of hydrogen-bond donors (Lipinski definition) is 1. The molecule has 2 aromatic rings. The van der Waals surface area contributed by atoms with Gasteiger partial charge in [-0.05, 0) is 32.0 Å². The Morgan fingerprint density at radius 3 is 2.45 bits per heavy atom. The van der Waals surface area contributed by atoms with Gasteiger partial charge < -0.3 is 5.32 Å². The molecule has 158 valence electrons. The van der Waals surface area contributed by atoms with Crippen molar-refractivity contribution in [3.63, 3.8) is 0 Å². The van der Waals surface area contributed by atoms with Crippen LogP contribution < -0.4 is 10.2 Å². The zero-order valence-corrected chi connectivity index (χ0v) is 19.1. The largest absolute Gasteiger partial charge is 0.323 e. The van der Waals surface area contributed by atoms with Crippen LogP contribution in [0.3, 0.4) is 0 Å². The Balaban J connectivity index is 1.67. The topological polar surface area (TPSA) is 69.7 Å². The molecule has 3 amide bonds. The number of para-hydroxylation sites is 2. The molecule has 0 spiro atoms. The van der Waals surface area contributed by atoms with E-state index in [1.165, 1.54) is 9.80 Å². The third kappa shape index (κ3) is 3.86. The predicted octanol–water partition coefficient (Wildman–Crippen LogP) is 4.31. The van der Waals surface area contributed by atoms with E-state index in [0.717, 1.165) is 11.8 Å². The van der Waals surface area contributed by atoms with Gasteiger partial charge >= 0.3 is 0 Å². The average molecular weight is 472 g/mol. The minimum Gasteiger partial charge on any atom is -0.323 e. The van der Waals surface area contributed by atoms with Crippen LogP contribution in [-0.2, 0) is 14.4 Å². The number of carbonyl (C=O) groups is 3. The maximum Gasteiger partial charge on any atom is 0.267 e. The SMILES string of the molecule is CC(C)N1C(=O)C(=C2C(=O)N(CC(=O)Nc3ccccc3Cl)c3ccccc32)SC1=S. The fourth-order valence-electron chi connectivity index (χ4n) is 3.53. The first kappa shape index (κ1) is 21.5. The van der Waals surface area contributed by atoms with Crippen LogP contribution in [0.25, 0.3) is 5.57 Å². The minimum absolute atomic E-state index is 0.116. The quantitative estimate of drug-likeness (QED) is 0.531. The second-order valence-electron chi connectivity index (χ2n) is 7.28. The van der Waals surface area contributed by atoms with Crippen molar-refractivity contribution in [2.45, 2.75) is 19.9 Å². The van der Waals surface area contributed by atoms with Crippen molar-refractivity contribution in [3.8, 4) is 0 Å². The molecule has 2 aliphatic rings. The molecule has 1 saturated heterocycles. The molecule has 31 heavy (non-hydrogen) atoms.